The molecule has 0 saturated heterocycles. The van der Waals surface area contributed by atoms with E-state index in [1.165, 1.54) is 10.4 Å². The number of carbonyl (C=O) groups excluding carboxylic acids is 1. The van der Waals surface area contributed by atoms with Crippen LogP contribution in [0.25, 0.3) is 0 Å². The Balaban J connectivity index is 1.54. The van der Waals surface area contributed by atoms with Crippen LogP contribution in [0.2, 0.25) is 5.04 Å². The first-order valence-electron chi connectivity index (χ1n) is 13.9. The molecule has 2 N–H and O–H groups in total. The Bertz CT molecular complexity index is 947. The molecule has 0 radical (unpaired) electrons. The monoisotopic (exact) mass is 591 g/mol. The Morgan fingerprint density at radius 3 is 1.54 bits per heavy atom. The van der Waals surface area contributed by atoms with E-state index in [0.29, 0.717) is 66.0 Å². The average Bonchev–Trinajstić information content (AvgIpc) is 2.95. The summed E-state index contributed by atoms with van der Waals surface area (Å²) in [6.07, 6.45) is 0. The van der Waals surface area contributed by atoms with Crippen molar-refractivity contribution in [1.29, 1.82) is 0 Å². The number of aliphatic carboxylic acids is 1. The van der Waals surface area contributed by atoms with Crippen molar-refractivity contribution < 1.29 is 42.8 Å². The second-order valence-electron chi connectivity index (χ2n) is 10.2. The van der Waals surface area contributed by atoms with E-state index in [-0.39, 0.29) is 17.6 Å². The summed E-state index contributed by atoms with van der Waals surface area (Å²) in [5.41, 5.74) is 0. The molecule has 0 aliphatic rings. The van der Waals surface area contributed by atoms with Crippen LogP contribution in [-0.2, 0) is 37.7 Å². The van der Waals surface area contributed by atoms with Crippen molar-refractivity contribution in [3.63, 3.8) is 0 Å². The first-order chi connectivity index (χ1) is 19.8. The normalized spacial score (nSPS) is 11.9. The molecule has 0 bridgehead atoms. The quantitative estimate of drug-likeness (QED) is 0.156. The molecule has 10 nitrogen and oxygen atoms in total. The van der Waals surface area contributed by atoms with Crippen LogP contribution in [0.15, 0.2) is 60.7 Å². The van der Waals surface area contributed by atoms with Gasteiger partial charge in [0.2, 0.25) is 5.91 Å². The summed E-state index contributed by atoms with van der Waals surface area (Å²) in [6, 6.07) is 21.1. The maximum Gasteiger partial charge on any atom is 0.329 e. The van der Waals surface area contributed by atoms with Crippen molar-refractivity contribution in [2.24, 2.45) is 0 Å². The predicted molar refractivity (Wildman–Crippen MR) is 158 cm³/mol. The average molecular weight is 592 g/mol. The Labute approximate surface area is 244 Å². The number of carbonyl (C=O) groups is 2. The van der Waals surface area contributed by atoms with Crippen LogP contribution < -0.4 is 15.7 Å². The van der Waals surface area contributed by atoms with Gasteiger partial charge in [-0.2, -0.15) is 0 Å². The molecule has 0 aliphatic heterocycles. The van der Waals surface area contributed by atoms with Gasteiger partial charge in [0.05, 0.1) is 59.5 Å². The van der Waals surface area contributed by atoms with E-state index in [2.05, 4.69) is 79.4 Å². The largest absolute Gasteiger partial charge is 0.480 e. The third-order valence-corrected chi connectivity index (χ3v) is 11.1. The number of nitrogens with one attached hydrogen (secondary N) is 1. The highest BCUT2D eigenvalue weighted by atomic mass is 28.4. The smallest absolute Gasteiger partial charge is 0.329 e. The number of carboxylic acids is 1. The molecule has 0 aromatic heterocycles. The highest BCUT2D eigenvalue weighted by Gasteiger charge is 2.49. The fourth-order valence-electron chi connectivity index (χ4n) is 4.32. The second kappa shape index (κ2) is 19.5. The number of benzene rings is 2. The molecule has 2 aromatic rings. The molecule has 41 heavy (non-hydrogen) atoms. The van der Waals surface area contributed by atoms with Gasteiger partial charge >= 0.3 is 5.97 Å². The minimum atomic E-state index is -2.55. The Morgan fingerprint density at radius 2 is 1.10 bits per heavy atom. The fourth-order valence-corrected chi connectivity index (χ4v) is 8.87. The van der Waals surface area contributed by atoms with Crippen molar-refractivity contribution in [1.82, 2.24) is 5.32 Å². The number of hydrogen-bond acceptors (Lipinski definition) is 8. The third kappa shape index (κ3) is 12.8. The number of carboxylic acid groups (broad SMARTS) is 1. The van der Waals surface area contributed by atoms with E-state index in [0.717, 1.165) is 0 Å². The summed E-state index contributed by atoms with van der Waals surface area (Å²) in [5, 5.41) is 13.4. The lowest BCUT2D eigenvalue weighted by Gasteiger charge is -2.43. The molecule has 2 rings (SSSR count). The van der Waals surface area contributed by atoms with Crippen LogP contribution in [0.4, 0.5) is 0 Å². The summed E-state index contributed by atoms with van der Waals surface area (Å²) in [6.45, 7) is 10.2. The zero-order valence-electron chi connectivity index (χ0n) is 24.5. The number of hydrogen-bond donors (Lipinski definition) is 2. The van der Waals surface area contributed by atoms with Gasteiger partial charge in [0.15, 0.2) is 0 Å². The van der Waals surface area contributed by atoms with E-state index >= 15 is 0 Å². The Hall–Kier alpha value is -2.64. The molecule has 0 atom stereocenters. The molecule has 0 heterocycles. The summed E-state index contributed by atoms with van der Waals surface area (Å²) >= 11 is 0. The maximum absolute atomic E-state index is 11.4. The standard InChI is InChI=1S/C30H45NO9Si/c1-30(2,3)41(26-10-6-4-7-11-26,27-12-8-5-9-13-27)40-23-22-38-21-20-37-19-18-36-17-16-35-15-14-31-28(32)24-39-25-29(33)34/h4-13H,14-25H2,1-3H3,(H,31,32)(H,33,34). The molecule has 0 aliphatic carbocycles. The van der Waals surface area contributed by atoms with E-state index in [1.807, 2.05) is 12.1 Å². The van der Waals surface area contributed by atoms with E-state index in [4.69, 9.17) is 28.5 Å². The molecule has 0 fully saturated rings. The first-order valence-corrected chi connectivity index (χ1v) is 15.8. The highest BCUT2D eigenvalue weighted by molar-refractivity contribution is 6.99. The minimum absolute atomic E-state index is 0.0697. The molecule has 0 spiro atoms. The molecular weight excluding hydrogens is 546 g/mol. The van der Waals surface area contributed by atoms with E-state index in [1.54, 1.807) is 0 Å². The van der Waals surface area contributed by atoms with Crippen LogP contribution in [0.5, 0.6) is 0 Å². The van der Waals surface area contributed by atoms with Crippen molar-refractivity contribution in [2.75, 3.05) is 79.2 Å². The van der Waals surface area contributed by atoms with Crippen molar-refractivity contribution in [2.45, 2.75) is 25.8 Å². The number of ether oxygens (including phenoxy) is 5. The molecule has 2 aromatic carbocycles. The zero-order chi connectivity index (χ0) is 29.8. The van der Waals surface area contributed by atoms with Crippen molar-refractivity contribution >= 4 is 30.6 Å². The third-order valence-electron chi connectivity index (χ3n) is 6.11. The van der Waals surface area contributed by atoms with Crippen LogP contribution in [-0.4, -0.2) is 105 Å². The summed E-state index contributed by atoms with van der Waals surface area (Å²) < 4.78 is 33.7. The number of rotatable bonds is 22. The van der Waals surface area contributed by atoms with Gasteiger partial charge in [-0.1, -0.05) is 81.4 Å². The van der Waals surface area contributed by atoms with Gasteiger partial charge in [-0.25, -0.2) is 4.79 Å². The first kappa shape index (κ1) is 34.6. The lowest BCUT2D eigenvalue weighted by molar-refractivity contribution is -0.143. The number of amides is 1. The van der Waals surface area contributed by atoms with E-state index < -0.39 is 20.9 Å². The van der Waals surface area contributed by atoms with Crippen molar-refractivity contribution in [3.8, 4) is 0 Å². The maximum atomic E-state index is 11.4. The topological polar surface area (TPSA) is 122 Å². The second-order valence-corrected chi connectivity index (χ2v) is 14.5. The van der Waals surface area contributed by atoms with Crippen molar-refractivity contribution in [3.05, 3.63) is 60.7 Å². The molecule has 228 valence electrons. The van der Waals surface area contributed by atoms with Crippen LogP contribution >= 0.6 is 0 Å². The Morgan fingerprint density at radius 1 is 0.659 bits per heavy atom. The molecule has 0 saturated carbocycles. The van der Waals surface area contributed by atoms with Gasteiger partial charge in [0, 0.05) is 6.54 Å². The van der Waals surface area contributed by atoms with Gasteiger partial charge < -0.3 is 38.5 Å². The zero-order valence-corrected chi connectivity index (χ0v) is 25.5. The van der Waals surface area contributed by atoms with Gasteiger partial charge in [-0.05, 0) is 15.4 Å². The van der Waals surface area contributed by atoms with Gasteiger partial charge in [-0.15, -0.1) is 0 Å². The summed E-state index contributed by atoms with van der Waals surface area (Å²) in [7, 11) is -2.55. The summed E-state index contributed by atoms with van der Waals surface area (Å²) in [4.78, 5) is 21.7. The lowest BCUT2D eigenvalue weighted by Crippen LogP contribution is -2.66. The predicted octanol–water partition coefficient (Wildman–Crippen LogP) is 1.85. The molecule has 11 heteroatoms. The minimum Gasteiger partial charge on any atom is -0.480 e. The molecule has 1 amide bonds. The van der Waals surface area contributed by atoms with Gasteiger partial charge in [0.25, 0.3) is 8.32 Å². The van der Waals surface area contributed by atoms with Crippen LogP contribution in [0.3, 0.4) is 0 Å². The van der Waals surface area contributed by atoms with Crippen LogP contribution in [0.1, 0.15) is 20.8 Å². The fraction of sp³-hybridized carbons (Fsp3) is 0.533. The van der Waals surface area contributed by atoms with Crippen LogP contribution in [0, 0.1) is 0 Å². The van der Waals surface area contributed by atoms with E-state index in [9.17, 15) is 9.59 Å². The van der Waals surface area contributed by atoms with Gasteiger partial charge in [-0.3, -0.25) is 4.79 Å². The lowest BCUT2D eigenvalue weighted by atomic mass is 10.2. The molecule has 0 unspecified atom stereocenters. The molecular formula is C30H45NO9Si. The summed E-state index contributed by atoms with van der Waals surface area (Å²) in [5.74, 6) is -1.51. The highest BCUT2D eigenvalue weighted by Crippen LogP contribution is 2.36. The SMILES string of the molecule is CC(C)(C)[Si](OCCOCCOCCOCCOCCNC(=O)COCC(=O)O)(c1ccccc1)c1ccccc1. The Kier molecular flexibility index (Phi) is 16.4. The van der Waals surface area contributed by atoms with Gasteiger partial charge in [0.1, 0.15) is 13.2 Å².